The lowest BCUT2D eigenvalue weighted by Crippen LogP contribution is -2.39. The average Bonchev–Trinajstić information content (AvgIpc) is 2.56. The quantitative estimate of drug-likeness (QED) is 0.509. The van der Waals surface area contributed by atoms with E-state index in [4.69, 9.17) is 0 Å². The van der Waals surface area contributed by atoms with E-state index in [2.05, 4.69) is 11.7 Å². The summed E-state index contributed by atoms with van der Waals surface area (Å²) < 4.78 is 55.1. The van der Waals surface area contributed by atoms with Gasteiger partial charge in [-0.05, 0) is 87.4 Å². The van der Waals surface area contributed by atoms with Crippen LogP contribution in [0.5, 0.6) is 0 Å². The normalized spacial score (nSPS) is 43.8. The van der Waals surface area contributed by atoms with E-state index in [-0.39, 0.29) is 18.8 Å². The molecule has 1 nitrogen and oxygen atoms in total. The van der Waals surface area contributed by atoms with Crippen LogP contribution in [-0.2, 0) is 4.74 Å². The molecule has 3 aliphatic rings. The molecular formula is C20H32F4O. The highest BCUT2D eigenvalue weighted by Crippen LogP contribution is 2.46. The van der Waals surface area contributed by atoms with Gasteiger partial charge in [0.2, 0.25) is 0 Å². The Morgan fingerprint density at radius 2 is 1.12 bits per heavy atom. The fourth-order valence-corrected chi connectivity index (χ4v) is 5.70. The molecule has 0 aromatic rings. The van der Waals surface area contributed by atoms with Gasteiger partial charge in [0.15, 0.2) is 0 Å². The first-order valence-corrected chi connectivity index (χ1v) is 10.2. The van der Waals surface area contributed by atoms with Crippen LogP contribution in [0, 0.1) is 29.6 Å². The van der Waals surface area contributed by atoms with Crippen LogP contribution in [0.4, 0.5) is 17.6 Å². The molecule has 5 heteroatoms. The van der Waals surface area contributed by atoms with Gasteiger partial charge in [-0.25, -0.2) is 4.39 Å². The Morgan fingerprint density at radius 1 is 0.680 bits per heavy atom. The van der Waals surface area contributed by atoms with Crippen LogP contribution in [0.15, 0.2) is 0 Å². The smallest absolute Gasteiger partial charge is 0.286 e. The molecule has 3 saturated carbocycles. The van der Waals surface area contributed by atoms with Crippen molar-refractivity contribution in [2.24, 2.45) is 29.6 Å². The lowest BCUT2D eigenvalue weighted by Gasteiger charge is -2.41. The molecule has 0 amide bonds. The fraction of sp³-hybridized carbons (Fsp3) is 1.00. The summed E-state index contributed by atoms with van der Waals surface area (Å²) in [4.78, 5) is 0. The standard InChI is InChI=1S/C20H32F4O/c1-13-2-4-14(5-3-13)15-6-8-16(9-7-15)17-10-11-19(18(21)12-17)25-20(22,23)24/h13-19H,2-12H2,1H3. The van der Waals surface area contributed by atoms with Gasteiger partial charge < -0.3 is 0 Å². The molecule has 0 radical (unpaired) electrons. The van der Waals surface area contributed by atoms with Crippen LogP contribution < -0.4 is 0 Å². The molecule has 0 spiro atoms. The minimum Gasteiger partial charge on any atom is -0.286 e. The number of halogens is 4. The maximum atomic E-state index is 14.2. The molecule has 0 aromatic heterocycles. The highest BCUT2D eigenvalue weighted by Gasteiger charge is 2.42. The number of hydrogen-bond acceptors (Lipinski definition) is 1. The molecule has 0 bridgehead atoms. The highest BCUT2D eigenvalue weighted by molar-refractivity contribution is 4.88. The van der Waals surface area contributed by atoms with Crippen LogP contribution in [0.1, 0.15) is 77.6 Å². The first kappa shape index (κ1) is 19.4. The Balaban J connectivity index is 1.43. The van der Waals surface area contributed by atoms with Crippen molar-refractivity contribution in [2.75, 3.05) is 0 Å². The summed E-state index contributed by atoms with van der Waals surface area (Å²) in [6, 6.07) is 0. The van der Waals surface area contributed by atoms with Crippen molar-refractivity contribution in [1.82, 2.24) is 0 Å². The van der Waals surface area contributed by atoms with Crippen molar-refractivity contribution in [3.05, 3.63) is 0 Å². The van der Waals surface area contributed by atoms with E-state index in [9.17, 15) is 17.6 Å². The summed E-state index contributed by atoms with van der Waals surface area (Å²) in [5, 5.41) is 0. The largest absolute Gasteiger partial charge is 0.522 e. The average molecular weight is 364 g/mol. The zero-order chi connectivity index (χ0) is 18.0. The van der Waals surface area contributed by atoms with Gasteiger partial charge in [-0.3, -0.25) is 4.74 Å². The maximum Gasteiger partial charge on any atom is 0.522 e. The fourth-order valence-electron chi connectivity index (χ4n) is 5.70. The third-order valence-corrected chi connectivity index (χ3v) is 7.25. The Morgan fingerprint density at radius 3 is 1.60 bits per heavy atom. The van der Waals surface area contributed by atoms with E-state index in [1.807, 2.05) is 0 Å². The van der Waals surface area contributed by atoms with E-state index < -0.39 is 18.6 Å². The van der Waals surface area contributed by atoms with Crippen molar-refractivity contribution in [3.8, 4) is 0 Å². The molecule has 0 aliphatic heterocycles. The summed E-state index contributed by atoms with van der Waals surface area (Å²) in [5.41, 5.74) is 0. The zero-order valence-corrected chi connectivity index (χ0v) is 15.2. The van der Waals surface area contributed by atoms with Crippen molar-refractivity contribution in [1.29, 1.82) is 0 Å². The van der Waals surface area contributed by atoms with Gasteiger partial charge in [-0.1, -0.05) is 19.8 Å². The third-order valence-electron chi connectivity index (χ3n) is 7.25. The van der Waals surface area contributed by atoms with Crippen LogP contribution in [0.3, 0.4) is 0 Å². The SMILES string of the molecule is CC1CCC(C2CCC(C3CCC(OC(F)(F)F)C(F)C3)CC2)CC1. The minimum atomic E-state index is -4.72. The third kappa shape index (κ3) is 5.33. The van der Waals surface area contributed by atoms with Gasteiger partial charge in [0.05, 0.1) is 6.10 Å². The van der Waals surface area contributed by atoms with Gasteiger partial charge >= 0.3 is 6.36 Å². The molecule has 3 atom stereocenters. The van der Waals surface area contributed by atoms with E-state index in [0.717, 1.165) is 30.6 Å². The van der Waals surface area contributed by atoms with Gasteiger partial charge in [0.25, 0.3) is 0 Å². The van der Waals surface area contributed by atoms with Crippen LogP contribution in [-0.4, -0.2) is 18.6 Å². The molecule has 3 fully saturated rings. The molecular weight excluding hydrogens is 332 g/mol. The zero-order valence-electron chi connectivity index (χ0n) is 15.2. The van der Waals surface area contributed by atoms with Crippen LogP contribution >= 0.6 is 0 Å². The summed E-state index contributed by atoms with van der Waals surface area (Å²) in [7, 11) is 0. The molecule has 0 saturated heterocycles. The van der Waals surface area contributed by atoms with Crippen molar-refractivity contribution in [3.63, 3.8) is 0 Å². The van der Waals surface area contributed by atoms with Gasteiger partial charge in [-0.2, -0.15) is 0 Å². The number of rotatable bonds is 3. The van der Waals surface area contributed by atoms with Crippen LogP contribution in [0.25, 0.3) is 0 Å². The predicted octanol–water partition coefficient (Wildman–Crippen LogP) is 6.66. The van der Waals surface area contributed by atoms with Crippen molar-refractivity contribution >= 4 is 0 Å². The minimum absolute atomic E-state index is 0.200. The Bertz CT molecular complexity index is 408. The lowest BCUT2D eigenvalue weighted by molar-refractivity contribution is -0.352. The number of ether oxygens (including phenoxy) is 1. The van der Waals surface area contributed by atoms with Crippen molar-refractivity contribution < 1.29 is 22.3 Å². The molecule has 146 valence electrons. The Labute approximate surface area is 148 Å². The topological polar surface area (TPSA) is 9.23 Å². The van der Waals surface area contributed by atoms with Gasteiger partial charge in [0.1, 0.15) is 6.17 Å². The molecule has 0 heterocycles. The van der Waals surface area contributed by atoms with Crippen LogP contribution in [0.2, 0.25) is 0 Å². The Kier molecular flexibility index (Phi) is 6.33. The summed E-state index contributed by atoms with van der Waals surface area (Å²) in [6.07, 6.45) is 3.82. The van der Waals surface area contributed by atoms with Gasteiger partial charge in [0, 0.05) is 0 Å². The second-order valence-electron chi connectivity index (χ2n) is 8.89. The lowest BCUT2D eigenvalue weighted by atomic mass is 9.65. The molecule has 0 aromatic carbocycles. The van der Waals surface area contributed by atoms with E-state index >= 15 is 0 Å². The highest BCUT2D eigenvalue weighted by atomic mass is 19.4. The summed E-state index contributed by atoms with van der Waals surface area (Å²) in [5.74, 6) is 3.33. The second-order valence-corrected chi connectivity index (χ2v) is 8.89. The van der Waals surface area contributed by atoms with Crippen molar-refractivity contribution in [2.45, 2.75) is 96.2 Å². The monoisotopic (exact) mass is 364 g/mol. The molecule has 3 aliphatic carbocycles. The van der Waals surface area contributed by atoms with E-state index in [1.54, 1.807) is 0 Å². The maximum absolute atomic E-state index is 14.2. The first-order valence-electron chi connectivity index (χ1n) is 10.2. The first-order chi connectivity index (χ1) is 11.8. The summed E-state index contributed by atoms with van der Waals surface area (Å²) >= 11 is 0. The Hall–Kier alpha value is -0.320. The molecule has 3 rings (SSSR count). The molecule has 0 N–H and O–H groups in total. The molecule has 3 unspecified atom stereocenters. The van der Waals surface area contributed by atoms with E-state index in [0.29, 0.717) is 12.3 Å². The predicted molar refractivity (Wildman–Crippen MR) is 89.7 cm³/mol. The molecule has 25 heavy (non-hydrogen) atoms. The number of alkyl halides is 4. The van der Waals surface area contributed by atoms with Gasteiger partial charge in [-0.15, -0.1) is 13.2 Å². The second kappa shape index (κ2) is 8.14. The summed E-state index contributed by atoms with van der Waals surface area (Å²) in [6.45, 7) is 2.35. The van der Waals surface area contributed by atoms with E-state index in [1.165, 1.54) is 38.5 Å². The number of hydrogen-bond donors (Lipinski definition) is 0.